The summed E-state index contributed by atoms with van der Waals surface area (Å²) in [6.07, 6.45) is 4.98. The Labute approximate surface area is 131 Å². The Kier molecular flexibility index (Phi) is 3.94. The first-order valence-electron chi connectivity index (χ1n) is 6.47. The molecule has 1 saturated carbocycles. The molecule has 0 atom stereocenters. The summed E-state index contributed by atoms with van der Waals surface area (Å²) < 4.78 is 0. The average Bonchev–Trinajstić information content (AvgIpc) is 3.27. The summed E-state index contributed by atoms with van der Waals surface area (Å²) in [6.45, 7) is 0. The largest absolute Gasteiger partial charge is 0.348 e. The van der Waals surface area contributed by atoms with E-state index in [1.807, 2.05) is 0 Å². The molecule has 1 amide bonds. The minimum atomic E-state index is -0.197. The van der Waals surface area contributed by atoms with Crippen molar-refractivity contribution in [2.75, 3.05) is 5.32 Å². The molecule has 0 aliphatic heterocycles. The van der Waals surface area contributed by atoms with Gasteiger partial charge >= 0.3 is 0 Å². The molecule has 3 rings (SSSR count). The van der Waals surface area contributed by atoms with Crippen LogP contribution in [0.2, 0.25) is 10.0 Å². The van der Waals surface area contributed by atoms with Crippen LogP contribution >= 0.6 is 23.2 Å². The Morgan fingerprint density at radius 2 is 2.00 bits per heavy atom. The fourth-order valence-corrected chi connectivity index (χ4v) is 2.07. The normalized spacial score (nSPS) is 13.8. The predicted molar refractivity (Wildman–Crippen MR) is 82.3 cm³/mol. The van der Waals surface area contributed by atoms with Crippen molar-refractivity contribution < 1.29 is 4.79 Å². The van der Waals surface area contributed by atoms with Gasteiger partial charge in [0, 0.05) is 11.1 Å². The van der Waals surface area contributed by atoms with Gasteiger partial charge in [-0.25, -0.2) is 9.97 Å². The van der Waals surface area contributed by atoms with Crippen molar-refractivity contribution in [1.82, 2.24) is 15.3 Å². The van der Waals surface area contributed by atoms with E-state index < -0.39 is 0 Å². The summed E-state index contributed by atoms with van der Waals surface area (Å²) >= 11 is 12.0. The molecule has 2 aromatic rings. The first kappa shape index (κ1) is 14.1. The first-order valence-corrected chi connectivity index (χ1v) is 7.22. The molecule has 0 spiro atoms. The van der Waals surface area contributed by atoms with Crippen molar-refractivity contribution in [1.29, 1.82) is 0 Å². The molecule has 0 bridgehead atoms. The highest BCUT2D eigenvalue weighted by molar-refractivity contribution is 6.35. The van der Waals surface area contributed by atoms with Gasteiger partial charge in [-0.1, -0.05) is 23.2 Å². The molecule has 1 heterocycles. The van der Waals surface area contributed by atoms with Crippen LogP contribution in [0.4, 0.5) is 11.5 Å². The molecule has 2 N–H and O–H groups in total. The predicted octanol–water partition coefficient (Wildman–Crippen LogP) is 3.42. The van der Waals surface area contributed by atoms with Crippen LogP contribution in [0.3, 0.4) is 0 Å². The Morgan fingerprint density at radius 1 is 1.19 bits per heavy atom. The Balaban J connectivity index is 1.71. The standard InChI is InChI=1S/C14H12Cl2N4O/c15-8-1-4-10(16)11(5-8)20-13-7-17-12(6-18-13)14(21)19-9-2-3-9/h1,4-7,9H,2-3H2,(H,18,20)(H,19,21). The Morgan fingerprint density at radius 3 is 2.67 bits per heavy atom. The van der Waals surface area contributed by atoms with Crippen molar-refractivity contribution in [3.8, 4) is 0 Å². The van der Waals surface area contributed by atoms with E-state index in [0.717, 1.165) is 12.8 Å². The number of benzene rings is 1. The SMILES string of the molecule is O=C(NC1CC1)c1cnc(Nc2cc(Cl)ccc2Cl)cn1. The zero-order chi connectivity index (χ0) is 14.8. The molecule has 0 saturated heterocycles. The van der Waals surface area contributed by atoms with Crippen LogP contribution in [0.15, 0.2) is 30.6 Å². The lowest BCUT2D eigenvalue weighted by atomic mass is 10.3. The number of carbonyl (C=O) groups is 1. The van der Waals surface area contributed by atoms with E-state index in [2.05, 4.69) is 20.6 Å². The molecule has 0 radical (unpaired) electrons. The zero-order valence-corrected chi connectivity index (χ0v) is 12.4. The number of hydrogen-bond acceptors (Lipinski definition) is 4. The number of carbonyl (C=O) groups excluding carboxylic acids is 1. The monoisotopic (exact) mass is 322 g/mol. The third kappa shape index (κ3) is 3.62. The van der Waals surface area contributed by atoms with Crippen LogP contribution in [0.25, 0.3) is 0 Å². The maximum atomic E-state index is 11.8. The molecule has 5 nitrogen and oxygen atoms in total. The molecule has 1 aromatic carbocycles. The first-order chi connectivity index (χ1) is 10.1. The molecule has 7 heteroatoms. The van der Waals surface area contributed by atoms with Crippen LogP contribution in [-0.4, -0.2) is 21.9 Å². The highest BCUT2D eigenvalue weighted by Crippen LogP contribution is 2.27. The number of rotatable bonds is 4. The van der Waals surface area contributed by atoms with Gasteiger partial charge < -0.3 is 10.6 Å². The number of hydrogen-bond donors (Lipinski definition) is 2. The van der Waals surface area contributed by atoms with E-state index in [0.29, 0.717) is 33.3 Å². The Hall–Kier alpha value is -1.85. The summed E-state index contributed by atoms with van der Waals surface area (Å²) in [5, 5.41) is 6.96. The number of nitrogens with zero attached hydrogens (tertiary/aromatic N) is 2. The van der Waals surface area contributed by atoms with E-state index in [9.17, 15) is 4.79 Å². The minimum absolute atomic E-state index is 0.197. The van der Waals surface area contributed by atoms with Crippen LogP contribution in [0, 0.1) is 0 Å². The van der Waals surface area contributed by atoms with Gasteiger partial charge in [-0.3, -0.25) is 4.79 Å². The molecule has 21 heavy (non-hydrogen) atoms. The molecule has 1 aliphatic rings. The fourth-order valence-electron chi connectivity index (χ4n) is 1.73. The summed E-state index contributed by atoms with van der Waals surface area (Å²) in [4.78, 5) is 20.0. The van der Waals surface area contributed by atoms with Crippen molar-refractivity contribution in [3.05, 3.63) is 46.3 Å². The summed E-state index contributed by atoms with van der Waals surface area (Å²) in [5.41, 5.74) is 0.929. The van der Waals surface area contributed by atoms with Gasteiger partial charge in [-0.05, 0) is 31.0 Å². The third-order valence-corrected chi connectivity index (χ3v) is 3.55. The van der Waals surface area contributed by atoms with Gasteiger partial charge in [0.25, 0.3) is 5.91 Å². The van der Waals surface area contributed by atoms with Crippen LogP contribution in [-0.2, 0) is 0 Å². The van der Waals surface area contributed by atoms with Crippen LogP contribution < -0.4 is 10.6 Å². The summed E-state index contributed by atoms with van der Waals surface area (Å²) in [7, 11) is 0. The molecular formula is C14H12Cl2N4O. The molecule has 108 valence electrons. The van der Waals surface area contributed by atoms with Gasteiger partial charge in [-0.2, -0.15) is 0 Å². The smallest absolute Gasteiger partial charge is 0.271 e. The maximum Gasteiger partial charge on any atom is 0.271 e. The molecule has 1 aliphatic carbocycles. The number of halogens is 2. The highest BCUT2D eigenvalue weighted by atomic mass is 35.5. The second-order valence-electron chi connectivity index (χ2n) is 4.78. The number of anilines is 2. The number of amides is 1. The van der Waals surface area contributed by atoms with E-state index in [-0.39, 0.29) is 5.91 Å². The quantitative estimate of drug-likeness (QED) is 0.905. The fraction of sp³-hybridized carbons (Fsp3) is 0.214. The molecule has 1 aromatic heterocycles. The second kappa shape index (κ2) is 5.87. The topological polar surface area (TPSA) is 66.9 Å². The Bertz CT molecular complexity index is 671. The van der Waals surface area contributed by atoms with Crippen LogP contribution in [0.5, 0.6) is 0 Å². The number of nitrogens with one attached hydrogen (secondary N) is 2. The molecule has 1 fully saturated rings. The second-order valence-corrected chi connectivity index (χ2v) is 5.63. The number of aromatic nitrogens is 2. The lowest BCUT2D eigenvalue weighted by Crippen LogP contribution is -2.26. The maximum absolute atomic E-state index is 11.8. The summed E-state index contributed by atoms with van der Waals surface area (Å²) in [5.74, 6) is 0.291. The van der Waals surface area contributed by atoms with E-state index >= 15 is 0 Å². The average molecular weight is 323 g/mol. The van der Waals surface area contributed by atoms with Crippen LogP contribution in [0.1, 0.15) is 23.3 Å². The van der Waals surface area contributed by atoms with E-state index in [1.54, 1.807) is 18.2 Å². The third-order valence-electron chi connectivity index (χ3n) is 2.99. The van der Waals surface area contributed by atoms with E-state index in [1.165, 1.54) is 12.4 Å². The summed E-state index contributed by atoms with van der Waals surface area (Å²) in [6, 6.07) is 5.38. The van der Waals surface area contributed by atoms with E-state index in [4.69, 9.17) is 23.2 Å². The molecular weight excluding hydrogens is 311 g/mol. The molecule has 0 unspecified atom stereocenters. The van der Waals surface area contributed by atoms with Crippen molar-refractivity contribution in [2.24, 2.45) is 0 Å². The van der Waals surface area contributed by atoms with Gasteiger partial charge in [0.1, 0.15) is 11.5 Å². The highest BCUT2D eigenvalue weighted by Gasteiger charge is 2.24. The minimum Gasteiger partial charge on any atom is -0.348 e. The lowest BCUT2D eigenvalue weighted by molar-refractivity contribution is 0.0945. The zero-order valence-electron chi connectivity index (χ0n) is 10.9. The van der Waals surface area contributed by atoms with Crippen molar-refractivity contribution >= 4 is 40.6 Å². The van der Waals surface area contributed by atoms with Gasteiger partial charge in [0.05, 0.1) is 23.1 Å². The van der Waals surface area contributed by atoms with Gasteiger partial charge in [0.2, 0.25) is 0 Å². The van der Waals surface area contributed by atoms with Gasteiger partial charge in [0.15, 0.2) is 0 Å². The lowest BCUT2D eigenvalue weighted by Gasteiger charge is -2.08. The van der Waals surface area contributed by atoms with Crippen molar-refractivity contribution in [2.45, 2.75) is 18.9 Å². The van der Waals surface area contributed by atoms with Gasteiger partial charge in [-0.15, -0.1) is 0 Å². The van der Waals surface area contributed by atoms with Crippen molar-refractivity contribution in [3.63, 3.8) is 0 Å².